The molecule has 6 nitrogen and oxygen atoms in total. The van der Waals surface area contributed by atoms with Gasteiger partial charge in [-0.3, -0.25) is 4.79 Å². The molecule has 1 atom stereocenters. The Bertz CT molecular complexity index is 496. The highest BCUT2D eigenvalue weighted by molar-refractivity contribution is 7.81. The van der Waals surface area contributed by atoms with Gasteiger partial charge in [0.1, 0.15) is 0 Å². The van der Waals surface area contributed by atoms with E-state index in [1.807, 2.05) is 0 Å². The highest BCUT2D eigenvalue weighted by atomic mass is 32.3. The summed E-state index contributed by atoms with van der Waals surface area (Å²) in [6.45, 7) is 5.58. The van der Waals surface area contributed by atoms with E-state index in [4.69, 9.17) is 4.18 Å². The zero-order chi connectivity index (χ0) is 22.5. The van der Waals surface area contributed by atoms with Gasteiger partial charge in [-0.05, 0) is 19.8 Å². The average molecular weight is 450 g/mol. The molecule has 30 heavy (non-hydrogen) atoms. The van der Waals surface area contributed by atoms with E-state index >= 15 is 0 Å². The maximum absolute atomic E-state index is 12.0. The Morgan fingerprint density at radius 2 is 1.17 bits per heavy atom. The van der Waals surface area contributed by atoms with Crippen LogP contribution in [0.5, 0.6) is 0 Å². The van der Waals surface area contributed by atoms with Gasteiger partial charge in [0, 0.05) is 6.42 Å². The van der Waals surface area contributed by atoms with Crippen LogP contribution in [0.2, 0.25) is 0 Å². The molecule has 0 aromatic carbocycles. The van der Waals surface area contributed by atoms with Crippen molar-refractivity contribution in [2.75, 3.05) is 6.61 Å². The van der Waals surface area contributed by atoms with Crippen molar-refractivity contribution in [3.05, 3.63) is 0 Å². The Kier molecular flexibility index (Phi) is 19.8. The minimum Gasteiger partial charge on any atom is -0.329 e. The first-order chi connectivity index (χ1) is 14.4. The third kappa shape index (κ3) is 19.3. The highest BCUT2D eigenvalue weighted by Gasteiger charge is 2.20. The molecule has 1 amide bonds. The minimum atomic E-state index is -4.05. The number of rotatable bonds is 22. The van der Waals surface area contributed by atoms with E-state index in [1.165, 1.54) is 77.0 Å². The number of amides is 1. The average Bonchev–Trinajstić information content (AvgIpc) is 2.70. The fraction of sp³-hybridized carbons (Fsp3) is 0.957. The monoisotopic (exact) mass is 449 g/mol. The molecule has 0 aliphatic heterocycles. The molecule has 0 saturated heterocycles. The Labute approximate surface area is 186 Å². The van der Waals surface area contributed by atoms with E-state index in [1.54, 1.807) is 13.8 Å². The smallest absolute Gasteiger partial charge is 0.329 e. The van der Waals surface area contributed by atoms with Crippen LogP contribution >= 0.6 is 0 Å². The molecule has 1 N–H and O–H groups in total. The highest BCUT2D eigenvalue weighted by Crippen LogP contribution is 2.14. The standard InChI is InChI=1S/C23H47NO5S/c1-4-7-8-9-10-11-12-13-14-15-16-17-18-19-20-21-22(25)24-23(5-2)29-30(26,27)28-6-3/h23H,4-21H2,1-3H3,(H,24,25). The topological polar surface area (TPSA) is 81.7 Å². The van der Waals surface area contributed by atoms with Gasteiger partial charge < -0.3 is 5.32 Å². The van der Waals surface area contributed by atoms with Crippen LogP contribution in [0, 0.1) is 0 Å². The zero-order valence-corrected chi connectivity index (χ0v) is 20.6. The molecule has 7 heteroatoms. The number of hydrogen-bond acceptors (Lipinski definition) is 5. The summed E-state index contributed by atoms with van der Waals surface area (Å²) in [5.41, 5.74) is 0. The zero-order valence-electron chi connectivity index (χ0n) is 19.8. The molecule has 0 rings (SSSR count). The summed E-state index contributed by atoms with van der Waals surface area (Å²) in [4.78, 5) is 12.0. The Morgan fingerprint density at radius 1 is 0.733 bits per heavy atom. The largest absolute Gasteiger partial charge is 0.401 e. The van der Waals surface area contributed by atoms with Crippen LogP contribution in [0.3, 0.4) is 0 Å². The van der Waals surface area contributed by atoms with Crippen molar-refractivity contribution in [3.63, 3.8) is 0 Å². The van der Waals surface area contributed by atoms with Gasteiger partial charge in [-0.15, -0.1) is 0 Å². The van der Waals surface area contributed by atoms with E-state index in [0.717, 1.165) is 19.3 Å². The number of carbonyl (C=O) groups excluding carboxylic acids is 1. The number of carbonyl (C=O) groups is 1. The molecule has 0 fully saturated rings. The lowest BCUT2D eigenvalue weighted by Crippen LogP contribution is -2.38. The molecule has 0 saturated carbocycles. The summed E-state index contributed by atoms with van der Waals surface area (Å²) < 4.78 is 32.4. The lowest BCUT2D eigenvalue weighted by molar-refractivity contribution is -0.123. The van der Waals surface area contributed by atoms with Crippen molar-refractivity contribution in [1.29, 1.82) is 0 Å². The first kappa shape index (κ1) is 29.3. The molecule has 0 radical (unpaired) electrons. The van der Waals surface area contributed by atoms with E-state index in [9.17, 15) is 13.2 Å². The van der Waals surface area contributed by atoms with Crippen LogP contribution in [-0.2, 0) is 23.6 Å². The van der Waals surface area contributed by atoms with Crippen molar-refractivity contribution in [3.8, 4) is 0 Å². The summed E-state index contributed by atoms with van der Waals surface area (Å²) in [6.07, 6.45) is 19.1. The third-order valence-electron chi connectivity index (χ3n) is 5.20. The van der Waals surface area contributed by atoms with E-state index in [2.05, 4.69) is 16.4 Å². The second-order valence-electron chi connectivity index (χ2n) is 8.08. The van der Waals surface area contributed by atoms with Gasteiger partial charge in [0.15, 0.2) is 6.23 Å². The van der Waals surface area contributed by atoms with Crippen molar-refractivity contribution < 1.29 is 21.6 Å². The second kappa shape index (κ2) is 20.3. The molecular weight excluding hydrogens is 402 g/mol. The molecular formula is C23H47NO5S. The van der Waals surface area contributed by atoms with E-state index < -0.39 is 16.6 Å². The SMILES string of the molecule is CCCCCCCCCCCCCCCCCC(=O)NC(CC)OS(=O)(=O)OCC. The van der Waals surface area contributed by atoms with Crippen LogP contribution < -0.4 is 5.32 Å². The summed E-state index contributed by atoms with van der Waals surface area (Å²) in [7, 11) is -4.05. The van der Waals surface area contributed by atoms with Crippen LogP contribution in [0.1, 0.15) is 130 Å². The van der Waals surface area contributed by atoms with Crippen molar-refractivity contribution in [1.82, 2.24) is 5.32 Å². The fourth-order valence-corrected chi connectivity index (χ4v) is 4.23. The lowest BCUT2D eigenvalue weighted by Gasteiger charge is -2.16. The van der Waals surface area contributed by atoms with Gasteiger partial charge in [0.25, 0.3) is 0 Å². The molecule has 0 aliphatic carbocycles. The quantitative estimate of drug-likeness (QED) is 0.153. The molecule has 0 spiro atoms. The Hall–Kier alpha value is -0.660. The van der Waals surface area contributed by atoms with E-state index in [-0.39, 0.29) is 12.5 Å². The molecule has 1 unspecified atom stereocenters. The van der Waals surface area contributed by atoms with Gasteiger partial charge in [-0.1, -0.05) is 104 Å². The van der Waals surface area contributed by atoms with Crippen LogP contribution in [0.15, 0.2) is 0 Å². The predicted octanol–water partition coefficient (Wildman–Crippen LogP) is 6.40. The molecule has 0 heterocycles. The molecule has 0 aromatic heterocycles. The van der Waals surface area contributed by atoms with Crippen molar-refractivity contribution in [2.24, 2.45) is 0 Å². The Morgan fingerprint density at radius 3 is 1.57 bits per heavy atom. The van der Waals surface area contributed by atoms with Crippen LogP contribution in [0.4, 0.5) is 0 Å². The normalized spacial score (nSPS) is 12.8. The predicted molar refractivity (Wildman–Crippen MR) is 123 cm³/mol. The fourth-order valence-electron chi connectivity index (χ4n) is 3.42. The van der Waals surface area contributed by atoms with Gasteiger partial charge in [-0.2, -0.15) is 8.42 Å². The maximum Gasteiger partial charge on any atom is 0.401 e. The molecule has 0 aliphatic rings. The summed E-state index contributed by atoms with van der Waals surface area (Å²) in [6, 6.07) is 0. The summed E-state index contributed by atoms with van der Waals surface area (Å²) >= 11 is 0. The van der Waals surface area contributed by atoms with E-state index in [0.29, 0.717) is 12.8 Å². The minimum absolute atomic E-state index is 0.00579. The molecule has 0 aromatic rings. The second-order valence-corrected chi connectivity index (χ2v) is 9.32. The van der Waals surface area contributed by atoms with Crippen LogP contribution in [0.25, 0.3) is 0 Å². The lowest BCUT2D eigenvalue weighted by atomic mass is 10.0. The number of nitrogens with one attached hydrogen (secondary N) is 1. The molecule has 180 valence electrons. The van der Waals surface area contributed by atoms with Gasteiger partial charge in [-0.25, -0.2) is 8.37 Å². The van der Waals surface area contributed by atoms with Gasteiger partial charge in [0.05, 0.1) is 6.61 Å². The molecule has 0 bridgehead atoms. The van der Waals surface area contributed by atoms with Crippen molar-refractivity contribution >= 4 is 16.3 Å². The Balaban J connectivity index is 3.52. The third-order valence-corrected chi connectivity index (χ3v) is 6.19. The number of unbranched alkanes of at least 4 members (excludes halogenated alkanes) is 14. The summed E-state index contributed by atoms with van der Waals surface area (Å²) in [5, 5.41) is 2.61. The van der Waals surface area contributed by atoms with Gasteiger partial charge >= 0.3 is 10.4 Å². The van der Waals surface area contributed by atoms with Crippen LogP contribution in [-0.4, -0.2) is 27.2 Å². The number of hydrogen-bond donors (Lipinski definition) is 1. The van der Waals surface area contributed by atoms with Gasteiger partial charge in [0.2, 0.25) is 5.91 Å². The first-order valence-electron chi connectivity index (χ1n) is 12.3. The summed E-state index contributed by atoms with van der Waals surface area (Å²) in [5.74, 6) is -0.178. The maximum atomic E-state index is 12.0. The first-order valence-corrected chi connectivity index (χ1v) is 13.7. The van der Waals surface area contributed by atoms with Crippen molar-refractivity contribution in [2.45, 2.75) is 136 Å².